The number of rotatable bonds is 8. The summed E-state index contributed by atoms with van der Waals surface area (Å²) < 4.78 is 33.1. The Hall–Kier alpha value is -2.95. The highest BCUT2D eigenvalue weighted by atomic mass is 32.2. The predicted molar refractivity (Wildman–Crippen MR) is 105 cm³/mol. The fraction of sp³-hybridized carbons (Fsp3) is 0.111. The van der Waals surface area contributed by atoms with E-state index in [2.05, 4.69) is 10.3 Å². The first-order valence-electron chi connectivity index (χ1n) is 8.12. The van der Waals surface area contributed by atoms with Crippen molar-refractivity contribution in [2.45, 2.75) is 4.90 Å². The number of carbonyl (C=O) groups is 1. The summed E-state index contributed by atoms with van der Waals surface area (Å²) >= 11 is 1.22. The second kappa shape index (κ2) is 8.83. The Labute approximate surface area is 166 Å². The molecule has 0 bridgehead atoms. The molecule has 1 heterocycles. The number of ether oxygens (including phenoxy) is 2. The molecule has 1 aromatic heterocycles. The van der Waals surface area contributed by atoms with E-state index in [1.54, 1.807) is 17.5 Å². The van der Waals surface area contributed by atoms with Gasteiger partial charge in [0.05, 0.1) is 4.90 Å². The van der Waals surface area contributed by atoms with Gasteiger partial charge in [0.1, 0.15) is 19.0 Å². The van der Waals surface area contributed by atoms with E-state index in [4.69, 9.17) is 14.6 Å². The molecule has 2 aromatic carbocycles. The summed E-state index contributed by atoms with van der Waals surface area (Å²) in [5.41, 5.74) is 0.784. The molecule has 3 N–H and O–H groups in total. The number of hydrogen-bond donors (Lipinski definition) is 2. The Bertz CT molecular complexity index is 1030. The fourth-order valence-corrected chi connectivity index (χ4v) is 3.38. The number of anilines is 2. The van der Waals surface area contributed by atoms with E-state index >= 15 is 0 Å². The molecule has 0 aliphatic carbocycles. The van der Waals surface area contributed by atoms with Gasteiger partial charge in [0, 0.05) is 11.1 Å². The minimum atomic E-state index is -3.74. The Morgan fingerprint density at radius 1 is 1.07 bits per heavy atom. The normalized spacial score (nSPS) is 11.0. The molecule has 8 nitrogen and oxygen atoms in total. The van der Waals surface area contributed by atoms with Gasteiger partial charge in [0.2, 0.25) is 10.0 Å². The minimum Gasteiger partial charge on any atom is -0.490 e. The van der Waals surface area contributed by atoms with Crippen molar-refractivity contribution >= 4 is 38.1 Å². The number of nitrogens with zero attached hydrogens (tertiary/aromatic N) is 1. The zero-order chi connectivity index (χ0) is 20.0. The summed E-state index contributed by atoms with van der Waals surface area (Å²) in [7, 11) is -3.74. The van der Waals surface area contributed by atoms with Gasteiger partial charge in [0.25, 0.3) is 0 Å². The van der Waals surface area contributed by atoms with Crippen LogP contribution in [0.4, 0.5) is 10.8 Å². The zero-order valence-corrected chi connectivity index (χ0v) is 16.2. The molecule has 0 spiro atoms. The van der Waals surface area contributed by atoms with Crippen LogP contribution < -0.4 is 15.2 Å². The highest BCUT2D eigenvalue weighted by Gasteiger charge is 2.13. The third kappa shape index (κ3) is 5.52. The van der Waals surface area contributed by atoms with Gasteiger partial charge < -0.3 is 14.8 Å². The lowest BCUT2D eigenvalue weighted by molar-refractivity contribution is 0.0444. The number of benzene rings is 2. The van der Waals surface area contributed by atoms with Gasteiger partial charge in [-0.25, -0.2) is 23.3 Å². The summed E-state index contributed by atoms with van der Waals surface area (Å²) in [5.74, 6) is 0.151. The Kier molecular flexibility index (Phi) is 6.24. The van der Waals surface area contributed by atoms with Crippen LogP contribution in [-0.4, -0.2) is 32.6 Å². The van der Waals surface area contributed by atoms with Gasteiger partial charge in [-0.1, -0.05) is 18.2 Å². The summed E-state index contributed by atoms with van der Waals surface area (Å²) in [6.07, 6.45) is 0. The van der Waals surface area contributed by atoms with Crippen molar-refractivity contribution in [2.24, 2.45) is 5.14 Å². The molecule has 0 atom stereocenters. The van der Waals surface area contributed by atoms with Crippen LogP contribution >= 0.6 is 11.3 Å². The van der Waals surface area contributed by atoms with Crippen molar-refractivity contribution in [1.29, 1.82) is 0 Å². The average Bonchev–Trinajstić information content (AvgIpc) is 3.14. The van der Waals surface area contributed by atoms with Crippen LogP contribution in [0.2, 0.25) is 0 Å². The summed E-state index contributed by atoms with van der Waals surface area (Å²) in [6.45, 7) is 0.338. The van der Waals surface area contributed by atoms with Crippen LogP contribution in [0.3, 0.4) is 0 Å². The predicted octanol–water partition coefficient (Wildman–Crippen LogP) is 2.77. The van der Waals surface area contributed by atoms with Crippen molar-refractivity contribution in [3.8, 4) is 5.75 Å². The largest absolute Gasteiger partial charge is 0.490 e. The van der Waals surface area contributed by atoms with Crippen LogP contribution in [-0.2, 0) is 14.8 Å². The number of hydrogen-bond acceptors (Lipinski definition) is 8. The third-order valence-corrected chi connectivity index (χ3v) is 5.16. The highest BCUT2D eigenvalue weighted by molar-refractivity contribution is 7.89. The van der Waals surface area contributed by atoms with E-state index in [0.717, 1.165) is 0 Å². The molecule has 0 aliphatic rings. The van der Waals surface area contributed by atoms with Crippen molar-refractivity contribution in [3.63, 3.8) is 0 Å². The zero-order valence-electron chi connectivity index (χ0n) is 14.6. The number of nitrogens with one attached hydrogen (secondary N) is 1. The maximum absolute atomic E-state index is 12.0. The number of aromatic nitrogens is 1. The Balaban J connectivity index is 1.49. The van der Waals surface area contributed by atoms with Gasteiger partial charge >= 0.3 is 5.97 Å². The molecule has 0 amide bonds. The van der Waals surface area contributed by atoms with E-state index in [1.807, 2.05) is 30.3 Å². The van der Waals surface area contributed by atoms with E-state index < -0.39 is 16.0 Å². The number of nitrogens with two attached hydrogens (primary N) is 1. The number of carbonyl (C=O) groups excluding carboxylic acids is 1. The molecule has 0 saturated carbocycles. The topological polar surface area (TPSA) is 121 Å². The number of thiazole rings is 1. The number of para-hydroxylation sites is 1. The van der Waals surface area contributed by atoms with Gasteiger partial charge in [-0.15, -0.1) is 11.3 Å². The summed E-state index contributed by atoms with van der Waals surface area (Å²) in [6, 6.07) is 15.1. The molecule has 28 heavy (non-hydrogen) atoms. The van der Waals surface area contributed by atoms with Crippen LogP contribution in [0, 0.1) is 0 Å². The van der Waals surface area contributed by atoms with E-state index in [-0.39, 0.29) is 23.8 Å². The molecule has 0 aliphatic heterocycles. The molecule has 3 rings (SSSR count). The second-order valence-electron chi connectivity index (χ2n) is 5.53. The summed E-state index contributed by atoms with van der Waals surface area (Å²) in [4.78, 5) is 16.2. The molecule has 0 saturated heterocycles. The molecule has 0 radical (unpaired) electrons. The lowest BCUT2D eigenvalue weighted by atomic mass is 10.3. The first-order valence-corrected chi connectivity index (χ1v) is 10.5. The molecule has 146 valence electrons. The van der Waals surface area contributed by atoms with Crippen LogP contribution in [0.5, 0.6) is 5.75 Å². The molecular formula is C18H17N3O5S2. The van der Waals surface area contributed by atoms with E-state index in [9.17, 15) is 13.2 Å². The highest BCUT2D eigenvalue weighted by Crippen LogP contribution is 2.22. The second-order valence-corrected chi connectivity index (χ2v) is 7.95. The first kappa shape index (κ1) is 19.8. The molecule has 3 aromatic rings. The molecule has 10 heteroatoms. The van der Waals surface area contributed by atoms with Crippen LogP contribution in [0.1, 0.15) is 10.5 Å². The Morgan fingerprint density at radius 2 is 1.79 bits per heavy atom. The van der Waals surface area contributed by atoms with E-state index in [0.29, 0.717) is 16.6 Å². The standard InChI is InChI=1S/C18H17N3O5S2/c19-28(23,24)15-8-6-13(7-9-15)20-18-21-16(12-27-18)17(22)26-11-10-25-14-4-2-1-3-5-14/h1-9,12H,10-11H2,(H,20,21)(H2,19,23,24). The van der Waals surface area contributed by atoms with Gasteiger partial charge in [-0.05, 0) is 36.4 Å². The third-order valence-electron chi connectivity index (χ3n) is 3.48. The quantitative estimate of drug-likeness (QED) is 0.425. The lowest BCUT2D eigenvalue weighted by Crippen LogP contribution is -2.12. The summed E-state index contributed by atoms with van der Waals surface area (Å²) in [5, 5.41) is 10.1. The molecule has 0 fully saturated rings. The minimum absolute atomic E-state index is 0.0131. The maximum Gasteiger partial charge on any atom is 0.358 e. The number of primary sulfonamides is 1. The van der Waals surface area contributed by atoms with Gasteiger partial charge in [-0.2, -0.15) is 0 Å². The molecular weight excluding hydrogens is 402 g/mol. The smallest absolute Gasteiger partial charge is 0.358 e. The monoisotopic (exact) mass is 419 g/mol. The molecule has 0 unspecified atom stereocenters. The maximum atomic E-state index is 12.0. The van der Waals surface area contributed by atoms with Gasteiger partial charge in [-0.3, -0.25) is 0 Å². The van der Waals surface area contributed by atoms with Crippen molar-refractivity contribution in [1.82, 2.24) is 4.98 Å². The Morgan fingerprint density at radius 3 is 2.46 bits per heavy atom. The van der Waals surface area contributed by atoms with E-state index in [1.165, 1.54) is 23.5 Å². The average molecular weight is 419 g/mol. The number of sulfonamides is 1. The van der Waals surface area contributed by atoms with Gasteiger partial charge in [0.15, 0.2) is 10.8 Å². The van der Waals surface area contributed by atoms with Crippen molar-refractivity contribution in [2.75, 3.05) is 18.5 Å². The SMILES string of the molecule is NS(=O)(=O)c1ccc(Nc2nc(C(=O)OCCOc3ccccc3)cs2)cc1. The van der Waals surface area contributed by atoms with Crippen molar-refractivity contribution < 1.29 is 22.7 Å². The van der Waals surface area contributed by atoms with Crippen LogP contribution in [0.15, 0.2) is 64.9 Å². The van der Waals surface area contributed by atoms with Crippen molar-refractivity contribution in [3.05, 3.63) is 65.7 Å². The first-order chi connectivity index (χ1) is 13.4. The lowest BCUT2D eigenvalue weighted by Gasteiger charge is -2.06. The number of esters is 1. The van der Waals surface area contributed by atoms with Crippen LogP contribution in [0.25, 0.3) is 0 Å². The fourth-order valence-electron chi connectivity index (χ4n) is 2.16.